The van der Waals surface area contributed by atoms with Gasteiger partial charge in [-0.25, -0.2) is 4.98 Å². The number of pyridine rings is 1. The maximum atomic E-state index is 12.5. The van der Waals surface area contributed by atoms with E-state index in [1.165, 1.54) is 0 Å². The molecule has 5 rings (SSSR count). The van der Waals surface area contributed by atoms with Gasteiger partial charge in [-0.1, -0.05) is 11.6 Å². The Balaban J connectivity index is 1.44. The van der Waals surface area contributed by atoms with Crippen LogP contribution in [0.2, 0.25) is 5.02 Å². The minimum absolute atomic E-state index is 0.174. The maximum absolute atomic E-state index is 12.5. The number of anilines is 1. The maximum Gasteiger partial charge on any atom is 0.253 e. The van der Waals surface area contributed by atoms with E-state index in [1.807, 2.05) is 19.1 Å². The lowest BCUT2D eigenvalue weighted by atomic mass is 10.1. The van der Waals surface area contributed by atoms with Crippen molar-refractivity contribution in [3.63, 3.8) is 0 Å². The molecule has 3 aromatic heterocycles. The van der Waals surface area contributed by atoms with E-state index in [2.05, 4.69) is 35.8 Å². The third-order valence-corrected chi connectivity index (χ3v) is 5.18. The van der Waals surface area contributed by atoms with E-state index >= 15 is 0 Å². The third-order valence-electron chi connectivity index (χ3n) is 4.94. The van der Waals surface area contributed by atoms with E-state index in [9.17, 15) is 4.79 Å². The van der Waals surface area contributed by atoms with Crippen molar-refractivity contribution in [3.8, 4) is 5.82 Å². The molecule has 1 aliphatic rings. The van der Waals surface area contributed by atoms with Gasteiger partial charge in [0.25, 0.3) is 5.56 Å². The first-order valence-electron chi connectivity index (χ1n) is 9.29. The Kier molecular flexibility index (Phi) is 4.24. The van der Waals surface area contributed by atoms with Gasteiger partial charge in [-0.15, -0.1) is 5.10 Å². The summed E-state index contributed by atoms with van der Waals surface area (Å²) < 4.78 is 1.64. The highest BCUT2D eigenvalue weighted by molar-refractivity contribution is 6.31. The number of aromatic amines is 1. The molecule has 0 saturated heterocycles. The number of aromatic nitrogens is 7. The highest BCUT2D eigenvalue weighted by Crippen LogP contribution is 2.38. The normalized spacial score (nSPS) is 14.8. The minimum Gasteiger partial charge on any atom is -0.347 e. The first kappa shape index (κ1) is 17.7. The van der Waals surface area contributed by atoms with Gasteiger partial charge >= 0.3 is 0 Å². The quantitative estimate of drug-likeness (QED) is 0.521. The number of hydrogen-bond donors (Lipinski definition) is 2. The summed E-state index contributed by atoms with van der Waals surface area (Å²) in [4.78, 5) is 24.2. The molecule has 1 atom stereocenters. The average Bonchev–Trinajstić information content (AvgIpc) is 3.44. The van der Waals surface area contributed by atoms with Crippen LogP contribution in [0.4, 0.5) is 5.95 Å². The highest BCUT2D eigenvalue weighted by atomic mass is 35.5. The molecule has 2 N–H and O–H groups in total. The molecule has 1 saturated carbocycles. The number of fused-ring (bicyclic) bond motifs is 1. The smallest absolute Gasteiger partial charge is 0.253 e. The molecule has 0 spiro atoms. The second-order valence-electron chi connectivity index (χ2n) is 7.11. The van der Waals surface area contributed by atoms with E-state index in [4.69, 9.17) is 11.6 Å². The Morgan fingerprint density at radius 2 is 2.14 bits per heavy atom. The number of H-pyrrole nitrogens is 1. The van der Waals surface area contributed by atoms with E-state index in [0.717, 1.165) is 29.6 Å². The molecular formula is C19H17ClN8O. The van der Waals surface area contributed by atoms with Crippen molar-refractivity contribution in [2.75, 3.05) is 5.32 Å². The summed E-state index contributed by atoms with van der Waals surface area (Å²) in [6, 6.07) is 8.61. The van der Waals surface area contributed by atoms with Gasteiger partial charge in [-0.3, -0.25) is 4.79 Å². The zero-order valence-electron chi connectivity index (χ0n) is 15.5. The molecule has 29 heavy (non-hydrogen) atoms. The van der Waals surface area contributed by atoms with Gasteiger partial charge in [0, 0.05) is 39.7 Å². The topological polar surface area (TPSA) is 114 Å². The van der Waals surface area contributed by atoms with Gasteiger partial charge in [-0.05, 0) is 54.5 Å². The first-order valence-corrected chi connectivity index (χ1v) is 9.67. The van der Waals surface area contributed by atoms with Gasteiger partial charge < -0.3 is 10.3 Å². The number of nitrogens with zero attached hydrogens (tertiary/aromatic N) is 6. The molecule has 146 valence electrons. The van der Waals surface area contributed by atoms with Crippen LogP contribution in [0.5, 0.6) is 0 Å². The Morgan fingerprint density at radius 3 is 2.97 bits per heavy atom. The van der Waals surface area contributed by atoms with Crippen LogP contribution in [0.1, 0.15) is 43.1 Å². The fourth-order valence-electron chi connectivity index (χ4n) is 3.28. The number of hydrogen-bond acceptors (Lipinski definition) is 7. The lowest BCUT2D eigenvalue weighted by Gasteiger charge is -2.14. The number of tetrazole rings is 1. The summed E-state index contributed by atoms with van der Waals surface area (Å²) in [6.07, 6.45) is 3.81. The van der Waals surface area contributed by atoms with Crippen molar-refractivity contribution in [3.05, 3.63) is 63.3 Å². The summed E-state index contributed by atoms with van der Waals surface area (Å²) in [5, 5.41) is 16.6. The van der Waals surface area contributed by atoms with Crippen molar-refractivity contribution < 1.29 is 0 Å². The average molecular weight is 409 g/mol. The summed E-state index contributed by atoms with van der Waals surface area (Å²) >= 11 is 6.08. The van der Waals surface area contributed by atoms with E-state index < -0.39 is 0 Å². The van der Waals surface area contributed by atoms with Crippen LogP contribution in [0.15, 0.2) is 41.3 Å². The van der Waals surface area contributed by atoms with Crippen LogP contribution >= 0.6 is 11.6 Å². The van der Waals surface area contributed by atoms with Crippen LogP contribution < -0.4 is 10.9 Å². The summed E-state index contributed by atoms with van der Waals surface area (Å²) in [5.74, 6) is 2.17. The van der Waals surface area contributed by atoms with Crippen molar-refractivity contribution in [2.24, 2.45) is 0 Å². The summed E-state index contributed by atoms with van der Waals surface area (Å²) in [6.45, 7) is 1.88. The van der Waals surface area contributed by atoms with Crippen LogP contribution in [0.25, 0.3) is 16.7 Å². The first-order chi connectivity index (χ1) is 14.1. The van der Waals surface area contributed by atoms with Crippen molar-refractivity contribution in [2.45, 2.75) is 31.7 Å². The van der Waals surface area contributed by atoms with Crippen molar-refractivity contribution in [1.29, 1.82) is 0 Å². The van der Waals surface area contributed by atoms with Crippen LogP contribution in [0, 0.1) is 0 Å². The van der Waals surface area contributed by atoms with E-state index in [1.54, 1.807) is 29.1 Å². The van der Waals surface area contributed by atoms with E-state index in [-0.39, 0.29) is 11.6 Å². The predicted molar refractivity (Wildman–Crippen MR) is 108 cm³/mol. The number of nitrogens with one attached hydrogen (secondary N) is 2. The molecule has 0 amide bonds. The van der Waals surface area contributed by atoms with Gasteiger partial charge in [0.2, 0.25) is 5.95 Å². The molecule has 4 aromatic rings. The number of halogens is 1. The minimum atomic E-state index is -0.325. The van der Waals surface area contributed by atoms with Crippen LogP contribution in [-0.4, -0.2) is 35.2 Å². The highest BCUT2D eigenvalue weighted by Gasteiger charge is 2.30. The Labute approximate surface area is 170 Å². The Bertz CT molecular complexity index is 1260. The molecule has 1 fully saturated rings. The predicted octanol–water partition coefficient (Wildman–Crippen LogP) is 3.00. The van der Waals surface area contributed by atoms with Gasteiger partial charge in [0.15, 0.2) is 11.6 Å². The van der Waals surface area contributed by atoms with Crippen molar-refractivity contribution >= 4 is 28.5 Å². The molecule has 9 nitrogen and oxygen atoms in total. The molecule has 0 aliphatic heterocycles. The Morgan fingerprint density at radius 1 is 1.28 bits per heavy atom. The summed E-state index contributed by atoms with van der Waals surface area (Å²) in [7, 11) is 0. The third kappa shape index (κ3) is 3.44. The monoisotopic (exact) mass is 408 g/mol. The largest absolute Gasteiger partial charge is 0.347 e. The molecule has 3 heterocycles. The number of benzene rings is 1. The van der Waals surface area contributed by atoms with Crippen molar-refractivity contribution in [1.82, 2.24) is 35.2 Å². The fraction of sp³-hybridized carbons (Fsp3) is 0.263. The Hall–Kier alpha value is -3.33. The molecule has 10 heteroatoms. The fourth-order valence-corrected chi connectivity index (χ4v) is 3.46. The molecule has 1 aromatic carbocycles. The molecule has 0 radical (unpaired) electrons. The van der Waals surface area contributed by atoms with Crippen LogP contribution in [-0.2, 0) is 0 Å². The second-order valence-corrected chi connectivity index (χ2v) is 7.55. The van der Waals surface area contributed by atoms with Gasteiger partial charge in [0.05, 0.1) is 6.04 Å². The molecule has 1 aliphatic carbocycles. The van der Waals surface area contributed by atoms with E-state index in [0.29, 0.717) is 28.3 Å². The molecule has 0 bridgehead atoms. The van der Waals surface area contributed by atoms with Gasteiger partial charge in [-0.2, -0.15) is 9.67 Å². The van der Waals surface area contributed by atoms with Gasteiger partial charge in [0.1, 0.15) is 0 Å². The number of rotatable bonds is 5. The zero-order valence-corrected chi connectivity index (χ0v) is 16.3. The zero-order chi connectivity index (χ0) is 20.0. The molecule has 0 unspecified atom stereocenters. The SMILES string of the molecule is C[C@H](Nc1nccc(-n2nnnc2C2CC2)n1)c1cc2cc(Cl)ccc2[nH]c1=O. The standard InChI is InChI=1S/C19H17ClN8O/c1-10(14-9-12-8-13(20)4-5-15(12)23-18(14)29)22-19-21-7-6-16(24-19)28-17(11-2-3-11)25-26-27-28/h4-11H,2-3H2,1H3,(H,23,29)(H,21,22,24)/t10-/m0/s1. The van der Waals surface area contributed by atoms with Crippen LogP contribution in [0.3, 0.4) is 0 Å². The summed E-state index contributed by atoms with van der Waals surface area (Å²) in [5.41, 5.74) is 1.13. The lowest BCUT2D eigenvalue weighted by Crippen LogP contribution is -2.20. The lowest BCUT2D eigenvalue weighted by molar-refractivity contribution is 0.738. The second kappa shape index (κ2) is 6.93. The molecular weight excluding hydrogens is 392 g/mol.